The molecule has 2 aromatic carbocycles. The number of sulfonamides is 1. The molecule has 1 aliphatic heterocycles. The van der Waals surface area contributed by atoms with Crippen molar-refractivity contribution in [1.82, 2.24) is 0 Å². The lowest BCUT2D eigenvalue weighted by Gasteiger charge is -2.26. The number of carbonyl (C=O) groups is 1. The highest BCUT2D eigenvalue weighted by Crippen LogP contribution is 2.39. The molecule has 0 fully saturated rings. The van der Waals surface area contributed by atoms with E-state index in [1.807, 2.05) is 31.2 Å². The Bertz CT molecular complexity index is 894. The van der Waals surface area contributed by atoms with Gasteiger partial charge in [-0.05, 0) is 56.5 Å². The van der Waals surface area contributed by atoms with Crippen molar-refractivity contribution in [2.75, 3.05) is 17.4 Å². The minimum Gasteiger partial charge on any atom is -0.330 e. The van der Waals surface area contributed by atoms with Gasteiger partial charge in [0.15, 0.2) is 0 Å². The summed E-state index contributed by atoms with van der Waals surface area (Å²) in [6.07, 6.45) is 2.46. The number of rotatable bonds is 5. The average Bonchev–Trinajstić information content (AvgIpc) is 2.80. The SMILES string of the molecule is Cc1ccc(S(=O)(=O)N2CCC(C=O)(CCN)Cc3ccccc32)cc1. The van der Waals surface area contributed by atoms with Gasteiger partial charge >= 0.3 is 0 Å². The molecule has 1 heterocycles. The first kappa shape index (κ1) is 18.6. The van der Waals surface area contributed by atoms with E-state index in [4.69, 9.17) is 5.73 Å². The minimum absolute atomic E-state index is 0.256. The number of hydrogen-bond donors (Lipinski definition) is 1. The maximum absolute atomic E-state index is 13.3. The van der Waals surface area contributed by atoms with Gasteiger partial charge in [-0.15, -0.1) is 0 Å². The van der Waals surface area contributed by atoms with E-state index in [1.165, 1.54) is 4.31 Å². The Kier molecular flexibility index (Phi) is 5.16. The highest BCUT2D eigenvalue weighted by atomic mass is 32.2. The van der Waals surface area contributed by atoms with Crippen LogP contribution in [0.15, 0.2) is 53.4 Å². The summed E-state index contributed by atoms with van der Waals surface area (Å²) in [5.74, 6) is 0. The van der Waals surface area contributed by atoms with Gasteiger partial charge in [-0.25, -0.2) is 8.42 Å². The van der Waals surface area contributed by atoms with Crippen LogP contribution in [0.4, 0.5) is 5.69 Å². The molecule has 0 aliphatic carbocycles. The van der Waals surface area contributed by atoms with Gasteiger partial charge in [0.2, 0.25) is 0 Å². The van der Waals surface area contributed by atoms with Crippen molar-refractivity contribution in [1.29, 1.82) is 0 Å². The molecule has 5 nitrogen and oxygen atoms in total. The number of nitrogens with zero attached hydrogens (tertiary/aromatic N) is 1. The van der Waals surface area contributed by atoms with Crippen molar-refractivity contribution in [3.05, 3.63) is 59.7 Å². The molecule has 26 heavy (non-hydrogen) atoms. The average molecular weight is 372 g/mol. The summed E-state index contributed by atoms with van der Waals surface area (Å²) < 4.78 is 28.0. The summed E-state index contributed by atoms with van der Waals surface area (Å²) in [6.45, 7) is 2.57. The second-order valence-electron chi connectivity index (χ2n) is 6.96. The third-order valence-electron chi connectivity index (χ3n) is 5.12. The lowest BCUT2D eigenvalue weighted by Crippen LogP contribution is -2.34. The van der Waals surface area contributed by atoms with E-state index in [0.717, 1.165) is 17.4 Å². The Morgan fingerprint density at radius 1 is 1.15 bits per heavy atom. The Balaban J connectivity index is 2.08. The first-order valence-electron chi connectivity index (χ1n) is 8.76. The fraction of sp³-hybridized carbons (Fsp3) is 0.350. The van der Waals surface area contributed by atoms with Gasteiger partial charge in [-0.2, -0.15) is 0 Å². The molecule has 1 unspecified atom stereocenters. The molecule has 0 radical (unpaired) electrons. The van der Waals surface area contributed by atoms with Crippen LogP contribution >= 0.6 is 0 Å². The summed E-state index contributed by atoms with van der Waals surface area (Å²) in [5.41, 5.74) is 7.62. The zero-order chi connectivity index (χ0) is 18.8. The van der Waals surface area contributed by atoms with Crippen molar-refractivity contribution < 1.29 is 13.2 Å². The second kappa shape index (κ2) is 7.21. The fourth-order valence-corrected chi connectivity index (χ4v) is 5.07. The normalized spacial score (nSPS) is 20.3. The third-order valence-corrected chi connectivity index (χ3v) is 6.94. The van der Waals surface area contributed by atoms with E-state index in [-0.39, 0.29) is 11.4 Å². The first-order valence-corrected chi connectivity index (χ1v) is 10.2. The fourth-order valence-electron chi connectivity index (χ4n) is 3.56. The van der Waals surface area contributed by atoms with Crippen LogP contribution < -0.4 is 10.0 Å². The molecule has 0 amide bonds. The number of fused-ring (bicyclic) bond motifs is 1. The van der Waals surface area contributed by atoms with Gasteiger partial charge in [0.05, 0.1) is 10.6 Å². The number of aldehydes is 1. The minimum atomic E-state index is -3.70. The Morgan fingerprint density at radius 2 is 1.85 bits per heavy atom. The van der Waals surface area contributed by atoms with Crippen LogP contribution in [0.3, 0.4) is 0 Å². The number of nitrogens with two attached hydrogens (primary N) is 1. The quantitative estimate of drug-likeness (QED) is 0.818. The van der Waals surface area contributed by atoms with Crippen molar-refractivity contribution >= 4 is 22.0 Å². The molecule has 0 spiro atoms. The van der Waals surface area contributed by atoms with Crippen LogP contribution in [-0.4, -0.2) is 27.8 Å². The molecular formula is C20H24N2O3S. The monoisotopic (exact) mass is 372 g/mol. The van der Waals surface area contributed by atoms with Crippen LogP contribution in [0.1, 0.15) is 24.0 Å². The van der Waals surface area contributed by atoms with Gasteiger partial charge in [-0.1, -0.05) is 35.9 Å². The highest BCUT2D eigenvalue weighted by molar-refractivity contribution is 7.92. The molecule has 0 saturated heterocycles. The highest BCUT2D eigenvalue weighted by Gasteiger charge is 2.37. The molecule has 6 heteroatoms. The smallest absolute Gasteiger partial charge is 0.264 e. The van der Waals surface area contributed by atoms with Crippen molar-refractivity contribution in [2.45, 2.75) is 31.1 Å². The van der Waals surface area contributed by atoms with Gasteiger partial charge in [0.25, 0.3) is 10.0 Å². The number of benzene rings is 2. The predicted octanol–water partition coefficient (Wildman–Crippen LogP) is 2.67. The number of aryl methyl sites for hydroxylation is 1. The summed E-state index contributed by atoms with van der Waals surface area (Å²) in [4.78, 5) is 12.1. The van der Waals surface area contributed by atoms with E-state index in [2.05, 4.69) is 0 Å². The van der Waals surface area contributed by atoms with Crippen LogP contribution in [0, 0.1) is 12.3 Å². The molecule has 2 aromatic rings. The summed E-state index contributed by atoms with van der Waals surface area (Å²) in [5, 5.41) is 0. The summed E-state index contributed by atoms with van der Waals surface area (Å²) in [6, 6.07) is 14.3. The van der Waals surface area contributed by atoms with Crippen molar-refractivity contribution in [3.8, 4) is 0 Å². The maximum Gasteiger partial charge on any atom is 0.264 e. The molecule has 0 aromatic heterocycles. The Hall–Kier alpha value is -2.18. The summed E-state index contributed by atoms with van der Waals surface area (Å²) in [7, 11) is -3.70. The molecule has 0 bridgehead atoms. The predicted molar refractivity (Wildman–Crippen MR) is 103 cm³/mol. The lowest BCUT2D eigenvalue weighted by molar-refractivity contribution is -0.116. The van der Waals surface area contributed by atoms with E-state index < -0.39 is 15.4 Å². The molecular weight excluding hydrogens is 348 g/mol. The van der Waals surface area contributed by atoms with Crippen molar-refractivity contribution in [3.63, 3.8) is 0 Å². The maximum atomic E-state index is 13.3. The van der Waals surface area contributed by atoms with E-state index in [9.17, 15) is 13.2 Å². The number of hydrogen-bond acceptors (Lipinski definition) is 4. The summed E-state index contributed by atoms with van der Waals surface area (Å²) >= 11 is 0. The molecule has 1 atom stereocenters. The first-order chi connectivity index (χ1) is 12.4. The van der Waals surface area contributed by atoms with Crippen molar-refractivity contribution in [2.24, 2.45) is 11.1 Å². The zero-order valence-electron chi connectivity index (χ0n) is 14.9. The number of carbonyl (C=O) groups excluding carboxylic acids is 1. The number of anilines is 1. The van der Waals surface area contributed by atoms with Crippen LogP contribution in [-0.2, 0) is 21.2 Å². The largest absolute Gasteiger partial charge is 0.330 e. The topological polar surface area (TPSA) is 80.5 Å². The van der Waals surface area contributed by atoms with Gasteiger partial charge in [-0.3, -0.25) is 4.31 Å². The molecule has 0 saturated carbocycles. The van der Waals surface area contributed by atoms with Gasteiger partial charge < -0.3 is 10.5 Å². The van der Waals surface area contributed by atoms with Gasteiger partial charge in [0, 0.05) is 12.0 Å². The third kappa shape index (κ3) is 3.39. The number of para-hydroxylation sites is 1. The Labute approximate surface area is 154 Å². The second-order valence-corrected chi connectivity index (χ2v) is 8.83. The zero-order valence-corrected chi connectivity index (χ0v) is 15.7. The lowest BCUT2D eigenvalue weighted by atomic mass is 9.78. The Morgan fingerprint density at radius 3 is 2.50 bits per heavy atom. The molecule has 138 valence electrons. The van der Waals surface area contributed by atoms with E-state index in [1.54, 1.807) is 24.3 Å². The standard InChI is InChI=1S/C20H24N2O3S/c1-16-6-8-18(9-7-16)26(24,25)22-13-11-20(15-23,10-12-21)14-17-4-2-3-5-19(17)22/h2-9,15H,10-14,21H2,1H3. The molecule has 3 rings (SSSR count). The van der Waals surface area contributed by atoms with Crippen LogP contribution in [0.2, 0.25) is 0 Å². The van der Waals surface area contributed by atoms with Crippen LogP contribution in [0.5, 0.6) is 0 Å². The molecule has 1 aliphatic rings. The van der Waals surface area contributed by atoms with E-state index >= 15 is 0 Å². The molecule has 2 N–H and O–H groups in total. The van der Waals surface area contributed by atoms with E-state index in [0.29, 0.717) is 31.5 Å². The van der Waals surface area contributed by atoms with Crippen LogP contribution in [0.25, 0.3) is 0 Å². The van der Waals surface area contributed by atoms with Gasteiger partial charge in [0.1, 0.15) is 6.29 Å².